The molecule has 176 valence electrons. The highest BCUT2D eigenvalue weighted by atomic mass is 35.5. The van der Waals surface area contributed by atoms with Crippen molar-refractivity contribution in [1.29, 1.82) is 0 Å². The lowest BCUT2D eigenvalue weighted by atomic mass is 10.2. The molecule has 0 bridgehead atoms. The number of carbonyl (C=O) groups excluding carboxylic acids is 1. The van der Waals surface area contributed by atoms with Gasteiger partial charge >= 0.3 is 0 Å². The monoisotopic (exact) mass is 505 g/mol. The molecule has 0 unspecified atom stereocenters. The van der Waals surface area contributed by atoms with Crippen LogP contribution in [0.3, 0.4) is 0 Å². The second-order valence-corrected chi connectivity index (χ2v) is 9.92. The summed E-state index contributed by atoms with van der Waals surface area (Å²) in [7, 11) is 0. The second kappa shape index (κ2) is 11.8. The molecule has 1 heterocycles. The average Bonchev–Trinajstić information content (AvgIpc) is 3.20. The quantitative estimate of drug-likeness (QED) is 0.329. The van der Waals surface area contributed by atoms with E-state index in [0.29, 0.717) is 40.1 Å². The summed E-state index contributed by atoms with van der Waals surface area (Å²) in [6, 6.07) is 13.8. The summed E-state index contributed by atoms with van der Waals surface area (Å²) in [6.45, 7) is 10.2. The molecule has 0 aliphatic rings. The zero-order valence-electron chi connectivity index (χ0n) is 19.3. The van der Waals surface area contributed by atoms with Gasteiger partial charge in [0.1, 0.15) is 17.4 Å². The molecular weight excluding hydrogens is 477 g/mol. The maximum Gasteiger partial charge on any atom is 0.230 e. The Balaban J connectivity index is 1.56. The summed E-state index contributed by atoms with van der Waals surface area (Å²) >= 11 is 13.8. The highest BCUT2D eigenvalue weighted by molar-refractivity contribution is 7.13. The van der Waals surface area contributed by atoms with Crippen LogP contribution in [0.15, 0.2) is 47.8 Å². The van der Waals surface area contributed by atoms with Gasteiger partial charge in [-0.3, -0.25) is 9.69 Å². The van der Waals surface area contributed by atoms with E-state index in [4.69, 9.17) is 27.9 Å². The lowest BCUT2D eigenvalue weighted by molar-refractivity contribution is -0.115. The van der Waals surface area contributed by atoms with Crippen LogP contribution in [-0.4, -0.2) is 41.0 Å². The number of halogens is 2. The van der Waals surface area contributed by atoms with E-state index in [-0.39, 0.29) is 12.3 Å². The molecule has 0 fully saturated rings. The van der Waals surface area contributed by atoms with Crippen LogP contribution in [0.5, 0.6) is 5.75 Å². The third-order valence-corrected chi connectivity index (χ3v) is 6.88. The largest absolute Gasteiger partial charge is 0.492 e. The van der Waals surface area contributed by atoms with Crippen molar-refractivity contribution in [3.8, 4) is 16.3 Å². The molecule has 0 saturated carbocycles. The SMILES string of the molecule is CC(C)N(CCOc1cccc(NC(=O)Cc2csc(-c3cccc(Cl)c3Cl)n2)c1)C(C)C. The van der Waals surface area contributed by atoms with Crippen molar-refractivity contribution in [2.24, 2.45) is 0 Å². The van der Waals surface area contributed by atoms with Gasteiger partial charge < -0.3 is 10.1 Å². The lowest BCUT2D eigenvalue weighted by Crippen LogP contribution is -2.39. The van der Waals surface area contributed by atoms with Gasteiger partial charge in [0.25, 0.3) is 0 Å². The van der Waals surface area contributed by atoms with E-state index in [0.717, 1.165) is 22.9 Å². The summed E-state index contributed by atoms with van der Waals surface area (Å²) in [5, 5.41) is 6.46. The number of carbonyl (C=O) groups is 1. The Hall–Kier alpha value is -2.12. The number of amides is 1. The normalized spacial score (nSPS) is 11.4. The van der Waals surface area contributed by atoms with E-state index in [1.807, 2.05) is 41.8 Å². The zero-order valence-corrected chi connectivity index (χ0v) is 21.6. The Morgan fingerprint density at radius 2 is 1.85 bits per heavy atom. The van der Waals surface area contributed by atoms with Crippen LogP contribution in [0.25, 0.3) is 10.6 Å². The summed E-state index contributed by atoms with van der Waals surface area (Å²) in [5.41, 5.74) is 2.13. The molecule has 8 heteroatoms. The molecule has 2 aromatic carbocycles. The lowest BCUT2D eigenvalue weighted by Gasteiger charge is -2.30. The molecule has 0 aliphatic carbocycles. The third kappa shape index (κ3) is 7.18. The van der Waals surface area contributed by atoms with E-state index in [1.165, 1.54) is 11.3 Å². The molecular formula is C25H29Cl2N3O2S. The van der Waals surface area contributed by atoms with Crippen molar-refractivity contribution in [3.05, 3.63) is 63.6 Å². The molecule has 3 aromatic rings. The Bertz CT molecular complexity index is 1080. The predicted octanol–water partition coefficient (Wildman–Crippen LogP) is 6.80. The van der Waals surface area contributed by atoms with E-state index < -0.39 is 0 Å². The number of benzene rings is 2. The summed E-state index contributed by atoms with van der Waals surface area (Å²) < 4.78 is 5.92. The minimum absolute atomic E-state index is 0.146. The number of hydrogen-bond acceptors (Lipinski definition) is 5. The topological polar surface area (TPSA) is 54.5 Å². The van der Waals surface area contributed by atoms with Gasteiger partial charge in [-0.05, 0) is 45.9 Å². The Labute approximate surface area is 209 Å². The zero-order chi connectivity index (χ0) is 24.0. The van der Waals surface area contributed by atoms with Crippen molar-refractivity contribution in [1.82, 2.24) is 9.88 Å². The van der Waals surface area contributed by atoms with Crippen LogP contribution in [0.1, 0.15) is 33.4 Å². The number of anilines is 1. The van der Waals surface area contributed by atoms with Crippen LogP contribution < -0.4 is 10.1 Å². The molecule has 5 nitrogen and oxygen atoms in total. The molecule has 1 amide bonds. The van der Waals surface area contributed by atoms with Crippen molar-refractivity contribution >= 4 is 46.1 Å². The van der Waals surface area contributed by atoms with E-state index in [1.54, 1.807) is 6.07 Å². The maximum absolute atomic E-state index is 12.6. The van der Waals surface area contributed by atoms with Crippen LogP contribution >= 0.6 is 34.5 Å². The molecule has 33 heavy (non-hydrogen) atoms. The number of aromatic nitrogens is 1. The first-order valence-corrected chi connectivity index (χ1v) is 12.6. The standard InChI is InChI=1S/C25H29Cl2N3O2S/c1-16(2)30(17(3)4)11-12-32-20-8-5-7-18(13-20)28-23(31)14-19-15-33-25(29-19)21-9-6-10-22(26)24(21)27/h5-10,13,15-17H,11-12,14H2,1-4H3,(H,28,31). The van der Waals surface area contributed by atoms with Crippen molar-refractivity contribution in [2.75, 3.05) is 18.5 Å². The highest BCUT2D eigenvalue weighted by Crippen LogP contribution is 2.35. The minimum atomic E-state index is -0.146. The first-order valence-electron chi connectivity index (χ1n) is 10.9. The number of nitrogens with one attached hydrogen (secondary N) is 1. The molecule has 0 aliphatic heterocycles. The fourth-order valence-electron chi connectivity index (χ4n) is 3.60. The van der Waals surface area contributed by atoms with Crippen molar-refractivity contribution in [3.63, 3.8) is 0 Å². The van der Waals surface area contributed by atoms with E-state index in [2.05, 4.69) is 42.9 Å². The van der Waals surface area contributed by atoms with Crippen LogP contribution in [0, 0.1) is 0 Å². The van der Waals surface area contributed by atoms with Gasteiger partial charge in [0.2, 0.25) is 5.91 Å². The smallest absolute Gasteiger partial charge is 0.230 e. The maximum atomic E-state index is 12.6. The number of hydrogen-bond donors (Lipinski definition) is 1. The third-order valence-electron chi connectivity index (χ3n) is 5.14. The van der Waals surface area contributed by atoms with Crippen LogP contribution in [-0.2, 0) is 11.2 Å². The van der Waals surface area contributed by atoms with Gasteiger partial charge in [0.15, 0.2) is 0 Å². The van der Waals surface area contributed by atoms with E-state index in [9.17, 15) is 4.79 Å². The Kier molecular flexibility index (Phi) is 9.15. The summed E-state index contributed by atoms with van der Waals surface area (Å²) in [5.74, 6) is 0.582. The highest BCUT2D eigenvalue weighted by Gasteiger charge is 2.14. The molecule has 0 radical (unpaired) electrons. The van der Waals surface area contributed by atoms with Gasteiger partial charge in [-0.15, -0.1) is 11.3 Å². The molecule has 3 rings (SSSR count). The number of ether oxygens (including phenoxy) is 1. The van der Waals surface area contributed by atoms with Crippen molar-refractivity contribution in [2.45, 2.75) is 46.2 Å². The van der Waals surface area contributed by atoms with Gasteiger partial charge in [-0.25, -0.2) is 4.98 Å². The van der Waals surface area contributed by atoms with Crippen molar-refractivity contribution < 1.29 is 9.53 Å². The first-order chi connectivity index (χ1) is 15.7. The summed E-state index contributed by atoms with van der Waals surface area (Å²) in [6.07, 6.45) is 0.164. The predicted molar refractivity (Wildman–Crippen MR) is 139 cm³/mol. The molecule has 1 N–H and O–H groups in total. The number of rotatable bonds is 10. The van der Waals surface area contributed by atoms with Gasteiger partial charge in [0.05, 0.1) is 22.2 Å². The van der Waals surface area contributed by atoms with Gasteiger partial charge in [0, 0.05) is 41.3 Å². The number of nitrogens with zero attached hydrogens (tertiary/aromatic N) is 2. The fraction of sp³-hybridized carbons (Fsp3) is 0.360. The molecule has 1 aromatic heterocycles. The van der Waals surface area contributed by atoms with E-state index >= 15 is 0 Å². The Morgan fingerprint density at radius 3 is 2.58 bits per heavy atom. The summed E-state index contributed by atoms with van der Waals surface area (Å²) in [4.78, 5) is 19.5. The van der Waals surface area contributed by atoms with Gasteiger partial charge in [-0.2, -0.15) is 0 Å². The van der Waals surface area contributed by atoms with Crippen LogP contribution in [0.4, 0.5) is 5.69 Å². The van der Waals surface area contributed by atoms with Gasteiger partial charge in [-0.1, -0.05) is 41.4 Å². The molecule has 0 spiro atoms. The minimum Gasteiger partial charge on any atom is -0.492 e. The fourth-order valence-corrected chi connectivity index (χ4v) is 4.89. The second-order valence-electron chi connectivity index (χ2n) is 8.27. The first kappa shape index (κ1) is 25.5. The van der Waals surface area contributed by atoms with Crippen LogP contribution in [0.2, 0.25) is 10.0 Å². The number of thiazole rings is 1. The molecule has 0 saturated heterocycles. The average molecular weight is 506 g/mol. The molecule has 0 atom stereocenters. The Morgan fingerprint density at radius 1 is 1.12 bits per heavy atom.